The van der Waals surface area contributed by atoms with Gasteiger partial charge >= 0.3 is 0 Å². The minimum atomic E-state index is 0.0706. The molecule has 2 heterocycles. The molecule has 1 amide bonds. The van der Waals surface area contributed by atoms with Crippen molar-refractivity contribution in [2.45, 2.75) is 0 Å². The lowest BCUT2D eigenvalue weighted by Gasteiger charge is -2.35. The highest BCUT2D eigenvalue weighted by Gasteiger charge is 2.23. The minimum Gasteiger partial charge on any atom is -0.352 e. The molecule has 6 heteroatoms. The Labute approximate surface area is 131 Å². The lowest BCUT2D eigenvalue weighted by Crippen LogP contribution is -2.49. The van der Waals surface area contributed by atoms with E-state index in [0.29, 0.717) is 18.7 Å². The molecule has 1 saturated heterocycles. The molecule has 0 bridgehead atoms. The highest BCUT2D eigenvalue weighted by atomic mass is 79.9. The molecule has 0 unspecified atom stereocenters. The fraction of sp³-hybridized carbons (Fsp3) is 0.267. The quantitative estimate of drug-likeness (QED) is 0.836. The van der Waals surface area contributed by atoms with E-state index in [1.165, 1.54) is 0 Å². The molecule has 1 aromatic heterocycles. The van der Waals surface area contributed by atoms with Crippen molar-refractivity contribution in [3.8, 4) is 0 Å². The predicted octanol–water partition coefficient (Wildman–Crippen LogP) is 2.20. The molecule has 1 aromatic carbocycles. The number of anilines is 1. The van der Waals surface area contributed by atoms with Crippen molar-refractivity contribution >= 4 is 27.7 Å². The van der Waals surface area contributed by atoms with Gasteiger partial charge in [-0.3, -0.25) is 9.78 Å². The summed E-state index contributed by atoms with van der Waals surface area (Å²) >= 11 is 3.44. The molecule has 0 spiro atoms. The Morgan fingerprint density at radius 2 is 1.86 bits per heavy atom. The lowest BCUT2D eigenvalue weighted by atomic mass is 10.2. The van der Waals surface area contributed by atoms with Gasteiger partial charge in [-0.15, -0.1) is 0 Å². The van der Waals surface area contributed by atoms with E-state index in [-0.39, 0.29) is 5.91 Å². The maximum atomic E-state index is 12.5. The highest BCUT2D eigenvalue weighted by Crippen LogP contribution is 2.19. The molecule has 1 aliphatic heterocycles. The molecule has 0 aliphatic carbocycles. The maximum absolute atomic E-state index is 12.5. The van der Waals surface area contributed by atoms with Crippen molar-refractivity contribution in [2.75, 3.05) is 31.1 Å². The Hall–Kier alpha value is -1.95. The Bertz CT molecular complexity index is 627. The molecule has 1 aliphatic rings. The van der Waals surface area contributed by atoms with Gasteiger partial charge in [0.1, 0.15) is 5.82 Å². The van der Waals surface area contributed by atoms with Gasteiger partial charge in [-0.2, -0.15) is 0 Å². The van der Waals surface area contributed by atoms with E-state index in [1.807, 2.05) is 29.2 Å². The molecule has 2 aromatic rings. The summed E-state index contributed by atoms with van der Waals surface area (Å²) in [6.45, 7) is 2.93. The standard InChI is InChI=1S/C15H15BrN4O/c16-13-4-2-1-3-12(13)15(21)20-9-7-19(8-10-20)14-11-17-5-6-18-14/h1-6,11H,7-10H2. The predicted molar refractivity (Wildman–Crippen MR) is 84.3 cm³/mol. The number of hydrogen-bond acceptors (Lipinski definition) is 4. The summed E-state index contributed by atoms with van der Waals surface area (Å²) in [6.07, 6.45) is 5.11. The van der Waals surface area contributed by atoms with Crippen molar-refractivity contribution in [3.63, 3.8) is 0 Å². The third kappa shape index (κ3) is 3.05. The van der Waals surface area contributed by atoms with Crippen molar-refractivity contribution in [3.05, 3.63) is 52.9 Å². The van der Waals surface area contributed by atoms with Crippen molar-refractivity contribution in [1.29, 1.82) is 0 Å². The first-order chi connectivity index (χ1) is 10.3. The zero-order chi connectivity index (χ0) is 14.7. The van der Waals surface area contributed by atoms with Crippen LogP contribution in [0.3, 0.4) is 0 Å². The van der Waals surface area contributed by atoms with Gasteiger partial charge in [0.2, 0.25) is 0 Å². The van der Waals surface area contributed by atoms with Crippen molar-refractivity contribution in [1.82, 2.24) is 14.9 Å². The molecular weight excluding hydrogens is 332 g/mol. The molecule has 0 N–H and O–H groups in total. The first-order valence-electron chi connectivity index (χ1n) is 6.80. The zero-order valence-electron chi connectivity index (χ0n) is 11.4. The number of halogens is 1. The second-order valence-electron chi connectivity index (χ2n) is 4.82. The van der Waals surface area contributed by atoms with E-state index in [4.69, 9.17) is 0 Å². The largest absolute Gasteiger partial charge is 0.352 e. The molecule has 0 atom stereocenters. The van der Waals surface area contributed by atoms with Gasteiger partial charge in [0.05, 0.1) is 11.8 Å². The van der Waals surface area contributed by atoms with Gasteiger partial charge in [-0.05, 0) is 28.1 Å². The smallest absolute Gasteiger partial charge is 0.255 e. The van der Waals surface area contributed by atoms with Crippen LogP contribution in [-0.4, -0.2) is 47.0 Å². The van der Waals surface area contributed by atoms with Gasteiger partial charge in [0, 0.05) is 43.0 Å². The zero-order valence-corrected chi connectivity index (χ0v) is 13.0. The summed E-state index contributed by atoms with van der Waals surface area (Å²) in [5.41, 5.74) is 0.713. The van der Waals surface area contributed by atoms with E-state index >= 15 is 0 Å². The third-order valence-corrected chi connectivity index (χ3v) is 4.24. The molecular formula is C15H15BrN4O. The van der Waals surface area contributed by atoms with Gasteiger partial charge < -0.3 is 9.80 Å². The number of amides is 1. The van der Waals surface area contributed by atoms with Crippen molar-refractivity contribution in [2.24, 2.45) is 0 Å². The topological polar surface area (TPSA) is 49.3 Å². The summed E-state index contributed by atoms with van der Waals surface area (Å²) < 4.78 is 0.839. The highest BCUT2D eigenvalue weighted by molar-refractivity contribution is 9.10. The van der Waals surface area contributed by atoms with Gasteiger partial charge in [0.25, 0.3) is 5.91 Å². The molecule has 1 fully saturated rings. The van der Waals surface area contributed by atoms with Crippen LogP contribution >= 0.6 is 15.9 Å². The number of benzene rings is 1. The van der Waals surface area contributed by atoms with Crippen LogP contribution in [0.4, 0.5) is 5.82 Å². The average Bonchev–Trinajstić information content (AvgIpc) is 2.56. The van der Waals surface area contributed by atoms with Crippen molar-refractivity contribution < 1.29 is 4.79 Å². The second kappa shape index (κ2) is 6.22. The molecule has 0 saturated carbocycles. The Kier molecular flexibility index (Phi) is 4.15. The van der Waals surface area contributed by atoms with E-state index in [1.54, 1.807) is 18.6 Å². The number of carbonyl (C=O) groups is 1. The van der Waals surface area contributed by atoms with Gasteiger partial charge in [0.15, 0.2) is 0 Å². The number of hydrogen-bond donors (Lipinski definition) is 0. The van der Waals surface area contributed by atoms with Crippen LogP contribution < -0.4 is 4.90 Å². The second-order valence-corrected chi connectivity index (χ2v) is 5.68. The van der Waals surface area contributed by atoms with E-state index in [0.717, 1.165) is 23.4 Å². The van der Waals surface area contributed by atoms with Crippen LogP contribution in [0.1, 0.15) is 10.4 Å². The third-order valence-electron chi connectivity index (χ3n) is 3.54. The van der Waals surface area contributed by atoms with E-state index in [2.05, 4.69) is 30.8 Å². The van der Waals surface area contributed by atoms with Gasteiger partial charge in [-0.1, -0.05) is 12.1 Å². The van der Waals surface area contributed by atoms with Crippen LogP contribution in [0, 0.1) is 0 Å². The molecule has 108 valence electrons. The monoisotopic (exact) mass is 346 g/mol. The summed E-state index contributed by atoms with van der Waals surface area (Å²) in [5, 5.41) is 0. The van der Waals surface area contributed by atoms with Crippen LogP contribution in [0.25, 0.3) is 0 Å². The first-order valence-corrected chi connectivity index (χ1v) is 7.60. The molecule has 5 nitrogen and oxygen atoms in total. The van der Waals surface area contributed by atoms with Gasteiger partial charge in [-0.25, -0.2) is 4.98 Å². The number of piperazine rings is 1. The van der Waals surface area contributed by atoms with Crippen LogP contribution in [0.15, 0.2) is 47.3 Å². The number of nitrogens with zero attached hydrogens (tertiary/aromatic N) is 4. The van der Waals surface area contributed by atoms with Crippen LogP contribution in [-0.2, 0) is 0 Å². The number of rotatable bonds is 2. The Morgan fingerprint density at radius 1 is 1.10 bits per heavy atom. The molecule has 0 radical (unpaired) electrons. The summed E-state index contributed by atoms with van der Waals surface area (Å²) in [5.74, 6) is 0.937. The molecule has 3 rings (SSSR count). The van der Waals surface area contributed by atoms with Crippen LogP contribution in [0.2, 0.25) is 0 Å². The lowest BCUT2D eigenvalue weighted by molar-refractivity contribution is 0.0745. The maximum Gasteiger partial charge on any atom is 0.255 e. The Morgan fingerprint density at radius 3 is 2.52 bits per heavy atom. The number of carbonyl (C=O) groups excluding carboxylic acids is 1. The van der Waals surface area contributed by atoms with Crippen LogP contribution in [0.5, 0.6) is 0 Å². The van der Waals surface area contributed by atoms with E-state index < -0.39 is 0 Å². The molecule has 21 heavy (non-hydrogen) atoms. The fourth-order valence-electron chi connectivity index (χ4n) is 2.40. The Balaban J connectivity index is 1.66. The summed E-state index contributed by atoms with van der Waals surface area (Å²) in [4.78, 5) is 24.9. The number of aromatic nitrogens is 2. The minimum absolute atomic E-state index is 0.0706. The SMILES string of the molecule is O=C(c1ccccc1Br)N1CCN(c2cnccn2)CC1. The average molecular weight is 347 g/mol. The fourth-order valence-corrected chi connectivity index (χ4v) is 2.85. The van der Waals surface area contributed by atoms with E-state index in [9.17, 15) is 4.79 Å². The first kappa shape index (κ1) is 14.0. The summed E-state index contributed by atoms with van der Waals surface area (Å²) in [7, 11) is 0. The normalized spacial score (nSPS) is 15.1. The summed E-state index contributed by atoms with van der Waals surface area (Å²) in [6, 6.07) is 7.53.